The van der Waals surface area contributed by atoms with Crippen LogP contribution in [0.2, 0.25) is 0 Å². The van der Waals surface area contributed by atoms with E-state index in [0.717, 1.165) is 4.90 Å². The number of carbonyl (C=O) groups is 4. The normalized spacial score (nSPS) is 20.6. The number of aliphatic carboxylic acids is 1. The van der Waals surface area contributed by atoms with Crippen LogP contribution in [0.4, 0.5) is 4.79 Å². The van der Waals surface area contributed by atoms with Crippen LogP contribution < -0.4 is 10.6 Å². The lowest BCUT2D eigenvalue weighted by Gasteiger charge is -2.19. The SMILES string of the molecule is CC(C)[C@@H](NC(=O)NC1CC(=O)N(C)C1=O)C(=O)O. The summed E-state index contributed by atoms with van der Waals surface area (Å²) in [5.74, 6) is -2.34. The standard InChI is InChI=1S/C11H17N3O5/c1-5(2)8(10(17)18)13-11(19)12-6-4-7(15)14(3)9(6)16/h5-6,8H,4H2,1-3H3,(H,17,18)(H2,12,13,19)/t6?,8-/m1/s1. The van der Waals surface area contributed by atoms with Gasteiger partial charge in [0.2, 0.25) is 5.91 Å². The lowest BCUT2D eigenvalue weighted by atomic mass is 10.1. The molecular formula is C11H17N3O5. The molecule has 1 aliphatic heterocycles. The second kappa shape index (κ2) is 5.68. The monoisotopic (exact) mass is 271 g/mol. The maximum atomic E-state index is 11.6. The van der Waals surface area contributed by atoms with Crippen LogP contribution in [0.1, 0.15) is 20.3 Å². The van der Waals surface area contributed by atoms with Crippen LogP contribution >= 0.6 is 0 Å². The molecule has 0 aliphatic carbocycles. The molecule has 1 saturated heterocycles. The third-order valence-corrected chi connectivity index (χ3v) is 2.91. The molecule has 19 heavy (non-hydrogen) atoms. The highest BCUT2D eigenvalue weighted by atomic mass is 16.4. The highest BCUT2D eigenvalue weighted by Gasteiger charge is 2.37. The van der Waals surface area contributed by atoms with Crippen molar-refractivity contribution < 1.29 is 24.3 Å². The number of hydrogen-bond donors (Lipinski definition) is 3. The first-order valence-corrected chi connectivity index (χ1v) is 5.84. The number of nitrogens with zero attached hydrogens (tertiary/aromatic N) is 1. The third-order valence-electron chi connectivity index (χ3n) is 2.91. The number of urea groups is 1. The van der Waals surface area contributed by atoms with Gasteiger partial charge in [0.25, 0.3) is 5.91 Å². The number of rotatable bonds is 4. The second-order valence-electron chi connectivity index (χ2n) is 4.73. The number of amides is 4. The van der Waals surface area contributed by atoms with Crippen LogP contribution in [0, 0.1) is 5.92 Å². The summed E-state index contributed by atoms with van der Waals surface area (Å²) in [5, 5.41) is 13.5. The molecule has 0 spiro atoms. The first-order valence-electron chi connectivity index (χ1n) is 5.84. The lowest BCUT2D eigenvalue weighted by molar-refractivity contribution is -0.140. The van der Waals surface area contributed by atoms with E-state index in [4.69, 9.17) is 5.11 Å². The first kappa shape index (κ1) is 14.9. The fraction of sp³-hybridized carbons (Fsp3) is 0.636. The van der Waals surface area contributed by atoms with E-state index >= 15 is 0 Å². The summed E-state index contributed by atoms with van der Waals surface area (Å²) in [4.78, 5) is 46.3. The fourth-order valence-electron chi connectivity index (χ4n) is 1.72. The van der Waals surface area contributed by atoms with Crippen molar-refractivity contribution in [3.05, 3.63) is 0 Å². The zero-order chi connectivity index (χ0) is 14.7. The number of carboxylic acid groups (broad SMARTS) is 1. The summed E-state index contributed by atoms with van der Waals surface area (Å²) >= 11 is 0. The van der Waals surface area contributed by atoms with Gasteiger partial charge in [-0.15, -0.1) is 0 Å². The van der Waals surface area contributed by atoms with Gasteiger partial charge < -0.3 is 15.7 Å². The molecule has 1 heterocycles. The lowest BCUT2D eigenvalue weighted by Crippen LogP contribution is -2.52. The van der Waals surface area contributed by atoms with Crippen molar-refractivity contribution in [1.29, 1.82) is 0 Å². The minimum Gasteiger partial charge on any atom is -0.480 e. The van der Waals surface area contributed by atoms with Gasteiger partial charge in [-0.2, -0.15) is 0 Å². The van der Waals surface area contributed by atoms with Gasteiger partial charge in [-0.25, -0.2) is 9.59 Å². The molecule has 8 heteroatoms. The molecule has 106 valence electrons. The Labute approximate surface area is 110 Å². The van der Waals surface area contributed by atoms with Gasteiger partial charge in [0.05, 0.1) is 6.42 Å². The van der Waals surface area contributed by atoms with E-state index in [-0.39, 0.29) is 18.2 Å². The second-order valence-corrected chi connectivity index (χ2v) is 4.73. The topological polar surface area (TPSA) is 116 Å². The minimum absolute atomic E-state index is 0.109. The quantitative estimate of drug-likeness (QED) is 0.576. The fourth-order valence-corrected chi connectivity index (χ4v) is 1.72. The van der Waals surface area contributed by atoms with Gasteiger partial charge in [0.15, 0.2) is 0 Å². The van der Waals surface area contributed by atoms with Crippen LogP contribution in [-0.4, -0.2) is 53.0 Å². The summed E-state index contributed by atoms with van der Waals surface area (Å²) in [5.41, 5.74) is 0. The van der Waals surface area contributed by atoms with E-state index in [1.807, 2.05) is 0 Å². The summed E-state index contributed by atoms with van der Waals surface area (Å²) in [6, 6.07) is -2.76. The van der Waals surface area contributed by atoms with Crippen LogP contribution in [-0.2, 0) is 14.4 Å². The molecule has 0 radical (unpaired) electrons. The minimum atomic E-state index is -1.16. The van der Waals surface area contributed by atoms with Crippen molar-refractivity contribution in [2.75, 3.05) is 7.05 Å². The Kier molecular flexibility index (Phi) is 4.47. The van der Waals surface area contributed by atoms with Gasteiger partial charge >= 0.3 is 12.0 Å². The van der Waals surface area contributed by atoms with Gasteiger partial charge in [0, 0.05) is 7.05 Å². The Morgan fingerprint density at radius 2 is 1.95 bits per heavy atom. The van der Waals surface area contributed by atoms with Crippen LogP contribution in [0.5, 0.6) is 0 Å². The van der Waals surface area contributed by atoms with Gasteiger partial charge in [-0.3, -0.25) is 14.5 Å². The van der Waals surface area contributed by atoms with Gasteiger partial charge in [-0.05, 0) is 5.92 Å². The number of nitrogens with one attached hydrogen (secondary N) is 2. The smallest absolute Gasteiger partial charge is 0.326 e. The first-order chi connectivity index (χ1) is 8.73. The molecule has 3 N–H and O–H groups in total. The number of likely N-dealkylation sites (N-methyl/N-ethyl adjacent to an activating group) is 1. The molecular weight excluding hydrogens is 254 g/mol. The van der Waals surface area contributed by atoms with Gasteiger partial charge in [-0.1, -0.05) is 13.8 Å². The molecule has 1 unspecified atom stereocenters. The summed E-state index contributed by atoms with van der Waals surface area (Å²) in [6.07, 6.45) is -0.109. The zero-order valence-electron chi connectivity index (χ0n) is 11.0. The Morgan fingerprint density at radius 1 is 1.37 bits per heavy atom. The van der Waals surface area contributed by atoms with Crippen LogP contribution in [0.3, 0.4) is 0 Å². The van der Waals surface area contributed by atoms with E-state index in [0.29, 0.717) is 0 Å². The van der Waals surface area contributed by atoms with E-state index in [1.54, 1.807) is 13.8 Å². The van der Waals surface area contributed by atoms with E-state index < -0.39 is 30.0 Å². The van der Waals surface area contributed by atoms with Crippen molar-refractivity contribution in [3.63, 3.8) is 0 Å². The summed E-state index contributed by atoms with van der Waals surface area (Å²) in [7, 11) is 1.33. The molecule has 0 aromatic carbocycles. The van der Waals surface area contributed by atoms with Crippen LogP contribution in [0.25, 0.3) is 0 Å². The molecule has 0 aromatic rings. The zero-order valence-corrected chi connectivity index (χ0v) is 11.0. The van der Waals surface area contributed by atoms with Crippen LogP contribution in [0.15, 0.2) is 0 Å². The maximum absolute atomic E-state index is 11.6. The Morgan fingerprint density at radius 3 is 2.32 bits per heavy atom. The number of hydrogen-bond acceptors (Lipinski definition) is 4. The van der Waals surface area contributed by atoms with Crippen molar-refractivity contribution in [3.8, 4) is 0 Å². The van der Waals surface area contributed by atoms with Crippen molar-refractivity contribution >= 4 is 23.8 Å². The van der Waals surface area contributed by atoms with E-state index in [2.05, 4.69) is 10.6 Å². The average Bonchev–Trinajstić information content (AvgIpc) is 2.53. The number of carboxylic acids is 1. The van der Waals surface area contributed by atoms with Crippen molar-refractivity contribution in [2.45, 2.75) is 32.4 Å². The average molecular weight is 271 g/mol. The number of likely N-dealkylation sites (tertiary alicyclic amines) is 1. The predicted octanol–water partition coefficient (Wildman–Crippen LogP) is -0.848. The molecule has 1 aliphatic rings. The molecule has 4 amide bonds. The molecule has 0 saturated carbocycles. The molecule has 1 rings (SSSR count). The summed E-state index contributed by atoms with van der Waals surface area (Å²) in [6.45, 7) is 3.30. The number of imide groups is 1. The Hall–Kier alpha value is -2.12. The molecule has 0 bridgehead atoms. The largest absolute Gasteiger partial charge is 0.480 e. The summed E-state index contributed by atoms with van der Waals surface area (Å²) < 4.78 is 0. The highest BCUT2D eigenvalue weighted by Crippen LogP contribution is 2.10. The van der Waals surface area contributed by atoms with Crippen molar-refractivity contribution in [1.82, 2.24) is 15.5 Å². The molecule has 2 atom stereocenters. The van der Waals surface area contributed by atoms with E-state index in [9.17, 15) is 19.2 Å². The Balaban J connectivity index is 2.59. The number of carbonyl (C=O) groups excluding carboxylic acids is 3. The third kappa shape index (κ3) is 3.43. The highest BCUT2D eigenvalue weighted by molar-refractivity contribution is 6.06. The predicted molar refractivity (Wildman–Crippen MR) is 64.1 cm³/mol. The maximum Gasteiger partial charge on any atom is 0.326 e. The molecule has 8 nitrogen and oxygen atoms in total. The van der Waals surface area contributed by atoms with E-state index in [1.165, 1.54) is 7.05 Å². The van der Waals surface area contributed by atoms with Gasteiger partial charge in [0.1, 0.15) is 12.1 Å². The molecule has 0 aromatic heterocycles. The van der Waals surface area contributed by atoms with Crippen molar-refractivity contribution in [2.24, 2.45) is 5.92 Å². The Bertz CT molecular complexity index is 421. The molecule has 1 fully saturated rings.